The van der Waals surface area contributed by atoms with E-state index in [9.17, 15) is 0 Å². The van der Waals surface area contributed by atoms with Gasteiger partial charge < -0.3 is 9.80 Å². The predicted octanol–water partition coefficient (Wildman–Crippen LogP) is 5.76. The van der Waals surface area contributed by atoms with Gasteiger partial charge in [0.1, 0.15) is 0 Å². The summed E-state index contributed by atoms with van der Waals surface area (Å²) in [6.07, 6.45) is 0. The van der Waals surface area contributed by atoms with Crippen LogP contribution < -0.4 is 9.80 Å². The van der Waals surface area contributed by atoms with E-state index in [0.29, 0.717) is 0 Å². The Bertz CT molecular complexity index is 787. The third-order valence-corrected chi connectivity index (χ3v) is 5.23. The molecular formula is C22H28N2. The molecule has 0 N–H and O–H groups in total. The lowest BCUT2D eigenvalue weighted by Crippen LogP contribution is -2.29. The second-order valence-electron chi connectivity index (χ2n) is 7.16. The first-order chi connectivity index (χ1) is 11.3. The molecule has 0 unspecified atom stereocenters. The van der Waals surface area contributed by atoms with Crippen LogP contribution in [0.25, 0.3) is 0 Å². The van der Waals surface area contributed by atoms with Gasteiger partial charge in [-0.15, -0.1) is 0 Å². The van der Waals surface area contributed by atoms with Crippen LogP contribution in [0, 0.1) is 34.6 Å². The molecule has 2 heteroatoms. The Morgan fingerprint density at radius 2 is 1.04 bits per heavy atom. The maximum atomic E-state index is 2.46. The van der Waals surface area contributed by atoms with E-state index in [0.717, 1.165) is 6.67 Å². The monoisotopic (exact) mass is 320 g/mol. The highest BCUT2D eigenvalue weighted by Crippen LogP contribution is 2.38. The molecule has 0 aliphatic carbocycles. The van der Waals surface area contributed by atoms with Gasteiger partial charge in [-0.05, 0) is 70.7 Å². The molecule has 0 saturated heterocycles. The largest absolute Gasteiger partial charge is 0.325 e. The molecule has 0 spiro atoms. The molecule has 0 fully saturated rings. The number of hydrogen-bond acceptors (Lipinski definition) is 2. The van der Waals surface area contributed by atoms with Crippen molar-refractivity contribution in [1.82, 2.24) is 0 Å². The van der Waals surface area contributed by atoms with E-state index in [1.807, 2.05) is 0 Å². The molecule has 1 heterocycles. The van der Waals surface area contributed by atoms with Crippen molar-refractivity contribution in [2.75, 3.05) is 16.5 Å². The topological polar surface area (TPSA) is 6.48 Å². The van der Waals surface area contributed by atoms with Gasteiger partial charge in [-0.2, -0.15) is 0 Å². The number of nitrogens with zero attached hydrogens (tertiary/aromatic N) is 2. The number of hydrogen-bond donors (Lipinski definition) is 0. The molecule has 2 aromatic rings. The van der Waals surface area contributed by atoms with E-state index in [2.05, 4.69) is 88.6 Å². The minimum absolute atomic E-state index is 0.883. The smallest absolute Gasteiger partial charge is 0.0995 e. The molecule has 1 aliphatic rings. The zero-order valence-electron chi connectivity index (χ0n) is 16.0. The summed E-state index contributed by atoms with van der Waals surface area (Å²) in [5.41, 5.74) is 12.1. The maximum absolute atomic E-state index is 2.46. The van der Waals surface area contributed by atoms with Crippen LogP contribution in [0.15, 0.2) is 41.7 Å². The van der Waals surface area contributed by atoms with Gasteiger partial charge in [0.05, 0.1) is 6.67 Å². The van der Waals surface area contributed by atoms with Crippen LogP contribution in [-0.2, 0) is 0 Å². The maximum Gasteiger partial charge on any atom is 0.0995 e. The average Bonchev–Trinajstić information content (AvgIpc) is 2.75. The van der Waals surface area contributed by atoms with E-state index in [1.54, 1.807) is 0 Å². The molecule has 2 nitrogen and oxygen atoms in total. The molecule has 0 aromatic heterocycles. The number of benzene rings is 2. The van der Waals surface area contributed by atoms with Crippen molar-refractivity contribution in [3.63, 3.8) is 0 Å². The van der Waals surface area contributed by atoms with Crippen molar-refractivity contribution in [2.45, 2.75) is 48.5 Å². The summed E-state index contributed by atoms with van der Waals surface area (Å²) in [6.45, 7) is 16.4. The molecule has 1 aliphatic heterocycles. The van der Waals surface area contributed by atoms with Crippen LogP contribution >= 0.6 is 0 Å². The van der Waals surface area contributed by atoms with Gasteiger partial charge in [0.2, 0.25) is 0 Å². The van der Waals surface area contributed by atoms with Crippen molar-refractivity contribution < 1.29 is 0 Å². The Morgan fingerprint density at radius 3 is 1.50 bits per heavy atom. The minimum Gasteiger partial charge on any atom is -0.325 e. The van der Waals surface area contributed by atoms with E-state index in [4.69, 9.17) is 0 Å². The minimum atomic E-state index is 0.883. The Hall–Kier alpha value is -2.22. The fourth-order valence-corrected chi connectivity index (χ4v) is 4.05. The van der Waals surface area contributed by atoms with Crippen molar-refractivity contribution in [2.24, 2.45) is 0 Å². The lowest BCUT2D eigenvalue weighted by Gasteiger charge is -2.28. The summed E-state index contributed by atoms with van der Waals surface area (Å²) in [6, 6.07) is 11.1. The fourth-order valence-electron chi connectivity index (χ4n) is 4.05. The standard InChI is InChI=1S/C22H28N2/c1-14-11-17(4)22(18(5)12-14)24-13-23(19(6)20(24)7)21-15(2)9-8-10-16(21)3/h8-12H,13H2,1-7H3. The molecule has 0 atom stereocenters. The molecule has 24 heavy (non-hydrogen) atoms. The fraction of sp³-hybridized carbons (Fsp3) is 0.364. The molecule has 126 valence electrons. The van der Waals surface area contributed by atoms with Crippen LogP contribution in [0.4, 0.5) is 11.4 Å². The summed E-state index contributed by atoms with van der Waals surface area (Å²) >= 11 is 0. The summed E-state index contributed by atoms with van der Waals surface area (Å²) in [4.78, 5) is 4.92. The second kappa shape index (κ2) is 6.01. The molecule has 0 bridgehead atoms. The van der Waals surface area contributed by atoms with Crippen LogP contribution in [0.5, 0.6) is 0 Å². The quantitative estimate of drug-likeness (QED) is 0.693. The summed E-state index contributed by atoms with van der Waals surface area (Å²) in [5, 5.41) is 0. The van der Waals surface area contributed by atoms with Gasteiger partial charge in [0.25, 0.3) is 0 Å². The van der Waals surface area contributed by atoms with Gasteiger partial charge >= 0.3 is 0 Å². The van der Waals surface area contributed by atoms with E-state index in [1.165, 1.54) is 50.6 Å². The Kier molecular flexibility index (Phi) is 4.16. The molecule has 0 radical (unpaired) electrons. The third kappa shape index (κ3) is 2.60. The zero-order chi connectivity index (χ0) is 17.6. The lowest BCUT2D eigenvalue weighted by molar-refractivity contribution is 0.920. The van der Waals surface area contributed by atoms with Gasteiger partial charge in [-0.3, -0.25) is 0 Å². The molecule has 3 rings (SSSR count). The molecule has 0 saturated carbocycles. The average molecular weight is 320 g/mol. The molecular weight excluding hydrogens is 292 g/mol. The normalized spacial score (nSPS) is 14.8. The second-order valence-corrected chi connectivity index (χ2v) is 7.16. The van der Waals surface area contributed by atoms with Gasteiger partial charge in [-0.1, -0.05) is 35.9 Å². The van der Waals surface area contributed by atoms with Crippen LogP contribution in [0.1, 0.15) is 41.7 Å². The van der Waals surface area contributed by atoms with Gasteiger partial charge in [-0.25, -0.2) is 0 Å². The van der Waals surface area contributed by atoms with Crippen molar-refractivity contribution >= 4 is 11.4 Å². The number of aryl methyl sites for hydroxylation is 5. The Labute approximate surface area is 146 Å². The van der Waals surface area contributed by atoms with Gasteiger partial charge in [0, 0.05) is 22.8 Å². The van der Waals surface area contributed by atoms with Crippen molar-refractivity contribution in [1.29, 1.82) is 0 Å². The summed E-state index contributed by atoms with van der Waals surface area (Å²) in [5.74, 6) is 0. The van der Waals surface area contributed by atoms with Crippen LogP contribution in [0.3, 0.4) is 0 Å². The highest BCUT2D eigenvalue weighted by atomic mass is 15.4. The first kappa shape index (κ1) is 16.6. The van der Waals surface area contributed by atoms with E-state index < -0.39 is 0 Å². The summed E-state index contributed by atoms with van der Waals surface area (Å²) in [7, 11) is 0. The first-order valence-corrected chi connectivity index (χ1v) is 8.68. The van der Waals surface area contributed by atoms with E-state index >= 15 is 0 Å². The highest BCUT2D eigenvalue weighted by molar-refractivity contribution is 5.72. The predicted molar refractivity (Wildman–Crippen MR) is 105 cm³/mol. The van der Waals surface area contributed by atoms with E-state index in [-0.39, 0.29) is 0 Å². The number of allylic oxidation sites excluding steroid dienone is 2. The SMILES string of the molecule is CC1=C(C)N(c2c(C)cc(C)cc2C)CN1c1c(C)cccc1C. The molecule has 0 amide bonds. The Morgan fingerprint density at radius 1 is 0.625 bits per heavy atom. The number of anilines is 2. The number of rotatable bonds is 2. The Balaban J connectivity index is 2.08. The third-order valence-electron chi connectivity index (χ3n) is 5.23. The van der Waals surface area contributed by atoms with Gasteiger partial charge in [0.15, 0.2) is 0 Å². The lowest BCUT2D eigenvalue weighted by atomic mass is 10.0. The number of para-hydroxylation sites is 1. The zero-order valence-corrected chi connectivity index (χ0v) is 16.0. The van der Waals surface area contributed by atoms with Crippen molar-refractivity contribution in [3.05, 3.63) is 69.5 Å². The highest BCUT2D eigenvalue weighted by Gasteiger charge is 2.28. The van der Waals surface area contributed by atoms with Crippen LogP contribution in [0.2, 0.25) is 0 Å². The van der Waals surface area contributed by atoms with Crippen molar-refractivity contribution in [3.8, 4) is 0 Å². The first-order valence-electron chi connectivity index (χ1n) is 8.68. The van der Waals surface area contributed by atoms with Crippen LogP contribution in [-0.4, -0.2) is 6.67 Å². The molecule has 2 aromatic carbocycles. The summed E-state index contributed by atoms with van der Waals surface area (Å²) < 4.78 is 0.